The zero-order chi connectivity index (χ0) is 43.7. The average molecular weight is 870 g/mol. The van der Waals surface area contributed by atoms with Crippen molar-refractivity contribution in [3.05, 3.63) is 96.5 Å². The molecule has 4 amide bonds. The lowest BCUT2D eigenvalue weighted by Gasteiger charge is -2.36. The number of hydrogen-bond donors (Lipinski definition) is 2. The minimum absolute atomic E-state index is 0.00290. The summed E-state index contributed by atoms with van der Waals surface area (Å²) in [6, 6.07) is 21.1. The van der Waals surface area contributed by atoms with Crippen molar-refractivity contribution in [1.82, 2.24) is 24.8 Å². The third-order valence-corrected chi connectivity index (χ3v) is 13.6. The summed E-state index contributed by atoms with van der Waals surface area (Å²) in [5.74, 6) is -2.39. The van der Waals surface area contributed by atoms with Crippen molar-refractivity contribution >= 4 is 56.2 Å². The summed E-state index contributed by atoms with van der Waals surface area (Å²) < 4.78 is 41.0. The molecule has 3 aliphatic rings. The van der Waals surface area contributed by atoms with E-state index in [2.05, 4.69) is 16.6 Å². The standard InChI is InChI=1S/C46H52ClN5O8S/c1-6-30-27-46(30,44(56)50-61(57,58)34-18-15-31(47)16-19-34)49-42(54)39-24-33(28-52(39)43(55)36(45(2,3)4)25-41(53)51-21-11-8-12-22-51)60-40-26-37(29-13-9-7-10-14-29)48-38-23-32(59-5)17-20-35(38)40/h6-7,9-10,13-20,23,26,30,33,36,39H,1,8,11-12,21-22,24-25,27-28H2,2-5H3,(H,49,54)(H,50,56)/t30-,33-,36?,39+,46-/m1/s1. The Balaban J connectivity index is 1.21. The predicted molar refractivity (Wildman–Crippen MR) is 232 cm³/mol. The van der Waals surface area contributed by atoms with E-state index in [9.17, 15) is 27.6 Å². The third kappa shape index (κ3) is 9.40. The number of pyridine rings is 1. The van der Waals surface area contributed by atoms with Crippen molar-refractivity contribution in [1.29, 1.82) is 0 Å². The molecule has 2 N–H and O–H groups in total. The fraction of sp³-hybridized carbons (Fsp3) is 0.413. The van der Waals surface area contributed by atoms with E-state index in [4.69, 9.17) is 26.1 Å². The SMILES string of the molecule is C=C[C@@H]1C[C@]1(NC(=O)[C@@H]1C[C@@H](Oc2cc(-c3ccccc3)nc3cc(OC)ccc23)CN1C(=O)C(CC(=O)N1CCCCC1)C(C)(C)C)C(=O)NS(=O)(=O)c1ccc(Cl)cc1. The summed E-state index contributed by atoms with van der Waals surface area (Å²) >= 11 is 5.97. The summed E-state index contributed by atoms with van der Waals surface area (Å²) in [7, 11) is -2.77. The molecule has 4 aromatic rings. The van der Waals surface area contributed by atoms with Gasteiger partial charge in [0, 0.05) is 60.0 Å². The molecule has 1 aromatic heterocycles. The van der Waals surface area contributed by atoms with Gasteiger partial charge >= 0.3 is 0 Å². The number of nitrogens with zero attached hydrogens (tertiary/aromatic N) is 3. The van der Waals surface area contributed by atoms with E-state index in [1.165, 1.54) is 35.2 Å². The number of benzene rings is 3. The Morgan fingerprint density at radius 2 is 1.70 bits per heavy atom. The van der Waals surface area contributed by atoms with E-state index in [0.717, 1.165) is 24.8 Å². The molecule has 3 aromatic carbocycles. The van der Waals surface area contributed by atoms with Crippen molar-refractivity contribution in [2.45, 2.75) is 81.9 Å². The lowest BCUT2D eigenvalue weighted by molar-refractivity contribution is -0.148. The van der Waals surface area contributed by atoms with Gasteiger partial charge in [-0.05, 0) is 67.5 Å². The van der Waals surface area contributed by atoms with E-state index >= 15 is 0 Å². The molecule has 5 atom stereocenters. The number of sulfonamides is 1. The fourth-order valence-corrected chi connectivity index (χ4v) is 9.51. The third-order valence-electron chi connectivity index (χ3n) is 12.0. The molecular weight excluding hydrogens is 818 g/mol. The van der Waals surface area contributed by atoms with Crippen LogP contribution in [0, 0.1) is 17.3 Å². The maximum atomic E-state index is 15.0. The van der Waals surface area contributed by atoms with Gasteiger partial charge in [-0.15, -0.1) is 6.58 Å². The van der Waals surface area contributed by atoms with Gasteiger partial charge in [-0.2, -0.15) is 0 Å². The van der Waals surface area contributed by atoms with E-state index in [-0.39, 0.29) is 36.6 Å². The number of carbonyl (C=O) groups excluding carboxylic acids is 4. The van der Waals surface area contributed by atoms with Crippen molar-refractivity contribution < 1.29 is 37.1 Å². The molecule has 1 saturated carbocycles. The van der Waals surface area contributed by atoms with Crippen LogP contribution in [0.5, 0.6) is 11.5 Å². The Hall–Kier alpha value is -5.47. The lowest BCUT2D eigenvalue weighted by atomic mass is 9.77. The molecule has 61 heavy (non-hydrogen) atoms. The number of aromatic nitrogens is 1. The Morgan fingerprint density at radius 1 is 1.00 bits per heavy atom. The first-order valence-electron chi connectivity index (χ1n) is 20.6. The second-order valence-corrected chi connectivity index (χ2v) is 19.3. The summed E-state index contributed by atoms with van der Waals surface area (Å²) in [4.78, 5) is 65.3. The van der Waals surface area contributed by atoms with Crippen LogP contribution in [0.1, 0.15) is 59.3 Å². The van der Waals surface area contributed by atoms with Crippen molar-refractivity contribution in [3.63, 3.8) is 0 Å². The van der Waals surface area contributed by atoms with Gasteiger partial charge in [-0.1, -0.05) is 68.8 Å². The molecule has 15 heteroatoms. The van der Waals surface area contributed by atoms with Gasteiger partial charge in [0.15, 0.2) is 0 Å². The van der Waals surface area contributed by atoms with Crippen LogP contribution in [0.15, 0.2) is 96.4 Å². The Morgan fingerprint density at radius 3 is 2.34 bits per heavy atom. The number of likely N-dealkylation sites (tertiary alicyclic amines) is 2. The minimum Gasteiger partial charge on any atom is -0.497 e. The first-order chi connectivity index (χ1) is 29.0. The Labute approximate surface area is 361 Å². The zero-order valence-electron chi connectivity index (χ0n) is 34.9. The molecule has 322 valence electrons. The van der Waals surface area contributed by atoms with Crippen molar-refractivity contribution in [2.24, 2.45) is 17.3 Å². The average Bonchev–Trinajstić information content (AvgIpc) is 3.81. The number of piperidine rings is 1. The number of ether oxygens (including phenoxy) is 2. The normalized spacial score (nSPS) is 22.0. The number of rotatable bonds is 13. The monoisotopic (exact) mass is 869 g/mol. The van der Waals surface area contributed by atoms with Crippen molar-refractivity contribution in [3.8, 4) is 22.8 Å². The van der Waals surface area contributed by atoms with Gasteiger partial charge in [-0.25, -0.2) is 18.1 Å². The molecule has 2 saturated heterocycles. The first-order valence-corrected chi connectivity index (χ1v) is 22.5. The van der Waals surface area contributed by atoms with Crippen LogP contribution >= 0.6 is 11.6 Å². The molecule has 1 aliphatic carbocycles. The number of fused-ring (bicyclic) bond motifs is 1. The van der Waals surface area contributed by atoms with Crippen molar-refractivity contribution in [2.75, 3.05) is 26.7 Å². The number of amides is 4. The molecule has 3 heterocycles. The van der Waals surface area contributed by atoms with Gasteiger partial charge in [0.2, 0.25) is 17.7 Å². The first kappa shape index (κ1) is 43.6. The highest BCUT2D eigenvalue weighted by Gasteiger charge is 2.61. The topological polar surface area (TPSA) is 164 Å². The highest BCUT2D eigenvalue weighted by molar-refractivity contribution is 7.90. The number of nitrogens with one attached hydrogen (secondary N) is 2. The van der Waals surface area contributed by atoms with Gasteiger partial charge in [0.05, 0.1) is 35.7 Å². The lowest BCUT2D eigenvalue weighted by Crippen LogP contribution is -2.57. The summed E-state index contributed by atoms with van der Waals surface area (Å²) in [5.41, 5.74) is -0.205. The van der Waals surface area contributed by atoms with Crippen LogP contribution in [0.4, 0.5) is 0 Å². The highest BCUT2D eigenvalue weighted by Crippen LogP contribution is 2.46. The molecule has 3 fully saturated rings. The molecule has 2 aliphatic heterocycles. The van der Waals surface area contributed by atoms with Crippen LogP contribution < -0.4 is 19.5 Å². The highest BCUT2D eigenvalue weighted by atomic mass is 35.5. The van der Waals surface area contributed by atoms with Crippen LogP contribution in [0.25, 0.3) is 22.2 Å². The molecule has 7 rings (SSSR count). The number of hydrogen-bond acceptors (Lipinski definition) is 9. The molecule has 13 nitrogen and oxygen atoms in total. The van der Waals surface area contributed by atoms with Gasteiger partial charge in [0.1, 0.15) is 29.2 Å². The van der Waals surface area contributed by atoms with E-state index in [1.54, 1.807) is 13.2 Å². The van der Waals surface area contributed by atoms with Gasteiger partial charge in [-0.3, -0.25) is 19.2 Å². The second kappa shape index (κ2) is 17.5. The van der Waals surface area contributed by atoms with Crippen LogP contribution in [0.2, 0.25) is 5.02 Å². The second-order valence-electron chi connectivity index (χ2n) is 17.2. The van der Waals surface area contributed by atoms with Crippen LogP contribution in [-0.4, -0.2) is 91.3 Å². The minimum atomic E-state index is -4.35. The van der Waals surface area contributed by atoms with E-state index in [0.29, 0.717) is 46.2 Å². The van der Waals surface area contributed by atoms with Gasteiger partial charge < -0.3 is 24.6 Å². The predicted octanol–water partition coefficient (Wildman–Crippen LogP) is 6.54. The largest absolute Gasteiger partial charge is 0.497 e. The number of carbonyl (C=O) groups is 4. The molecular formula is C46H52ClN5O8S. The maximum Gasteiger partial charge on any atom is 0.264 e. The maximum absolute atomic E-state index is 15.0. The number of methoxy groups -OCH3 is 1. The fourth-order valence-electron chi connectivity index (χ4n) is 8.35. The summed E-state index contributed by atoms with van der Waals surface area (Å²) in [6.07, 6.45) is 3.72. The quantitative estimate of drug-likeness (QED) is 0.142. The summed E-state index contributed by atoms with van der Waals surface area (Å²) in [5, 5.41) is 3.86. The molecule has 1 unspecified atom stereocenters. The molecule has 0 spiro atoms. The zero-order valence-corrected chi connectivity index (χ0v) is 36.4. The Bertz CT molecular complexity index is 2440. The smallest absolute Gasteiger partial charge is 0.264 e. The van der Waals surface area contributed by atoms with Crippen LogP contribution in [-0.2, 0) is 29.2 Å². The molecule has 0 bridgehead atoms. The Kier molecular flexibility index (Phi) is 12.5. The van der Waals surface area contributed by atoms with Gasteiger partial charge in [0.25, 0.3) is 15.9 Å². The van der Waals surface area contributed by atoms with Crippen LogP contribution in [0.3, 0.4) is 0 Å². The summed E-state index contributed by atoms with van der Waals surface area (Å²) in [6.45, 7) is 10.8. The number of halogens is 1. The van der Waals surface area contributed by atoms with E-state index in [1.807, 2.05) is 74.2 Å². The van der Waals surface area contributed by atoms with E-state index < -0.39 is 62.7 Å². The molecule has 0 radical (unpaired) electrons.